The van der Waals surface area contributed by atoms with Gasteiger partial charge in [0.05, 0.1) is 13.2 Å². The van der Waals surface area contributed by atoms with Crippen molar-refractivity contribution in [1.82, 2.24) is 0 Å². The highest BCUT2D eigenvalue weighted by Crippen LogP contribution is 2.25. The van der Waals surface area contributed by atoms with Crippen LogP contribution >= 0.6 is 0 Å². The normalized spacial score (nSPS) is 16.9. The van der Waals surface area contributed by atoms with E-state index in [1.165, 1.54) is 12.1 Å². The molecule has 0 aromatic heterocycles. The van der Waals surface area contributed by atoms with E-state index in [4.69, 9.17) is 4.74 Å². The number of hydrogen-bond donors (Lipinski definition) is 0. The lowest BCUT2D eigenvalue weighted by atomic mass is 10.2. The molecule has 0 aliphatic carbocycles. The summed E-state index contributed by atoms with van der Waals surface area (Å²) >= 11 is 0. The minimum atomic E-state index is -0.491. The van der Waals surface area contributed by atoms with Crippen LogP contribution in [0.1, 0.15) is 5.56 Å². The van der Waals surface area contributed by atoms with Crippen LogP contribution in [0, 0.1) is 18.6 Å². The van der Waals surface area contributed by atoms with E-state index in [9.17, 15) is 8.78 Å². The first kappa shape index (κ1) is 10.4. The van der Waals surface area contributed by atoms with E-state index in [-0.39, 0.29) is 5.69 Å². The highest BCUT2D eigenvalue weighted by molar-refractivity contribution is 5.50. The number of morpholine rings is 1. The molecule has 4 heteroatoms. The van der Waals surface area contributed by atoms with Gasteiger partial charge < -0.3 is 9.64 Å². The van der Waals surface area contributed by atoms with Crippen LogP contribution in [0.4, 0.5) is 14.5 Å². The molecular formula is C11H13F2NO. The summed E-state index contributed by atoms with van der Waals surface area (Å²) in [7, 11) is 0. The Morgan fingerprint density at radius 1 is 1.13 bits per heavy atom. The fourth-order valence-electron chi connectivity index (χ4n) is 1.78. The van der Waals surface area contributed by atoms with Gasteiger partial charge in [-0.3, -0.25) is 0 Å². The fraction of sp³-hybridized carbons (Fsp3) is 0.455. The number of aryl methyl sites for hydroxylation is 1. The van der Waals surface area contributed by atoms with E-state index in [2.05, 4.69) is 0 Å². The third kappa shape index (κ3) is 2.09. The van der Waals surface area contributed by atoms with E-state index < -0.39 is 11.6 Å². The molecular weight excluding hydrogens is 200 g/mol. The summed E-state index contributed by atoms with van der Waals surface area (Å²) in [5, 5.41) is 0. The van der Waals surface area contributed by atoms with Gasteiger partial charge in [-0.2, -0.15) is 0 Å². The molecule has 0 atom stereocenters. The number of halogens is 2. The van der Waals surface area contributed by atoms with Gasteiger partial charge in [0.15, 0.2) is 0 Å². The SMILES string of the molecule is Cc1cc(F)c(N2CCOCC2)c(F)c1. The van der Waals surface area contributed by atoms with Crippen LogP contribution in [0.25, 0.3) is 0 Å². The predicted molar refractivity (Wildman–Crippen MR) is 54.1 cm³/mol. The Kier molecular flexibility index (Phi) is 2.86. The number of hydrogen-bond acceptors (Lipinski definition) is 2. The average molecular weight is 213 g/mol. The molecule has 1 fully saturated rings. The molecule has 1 aromatic carbocycles. The Morgan fingerprint density at radius 2 is 1.67 bits per heavy atom. The highest BCUT2D eigenvalue weighted by Gasteiger charge is 2.19. The molecule has 0 bridgehead atoms. The second-order valence-corrected chi connectivity index (χ2v) is 3.68. The van der Waals surface area contributed by atoms with Crippen LogP contribution in [-0.4, -0.2) is 26.3 Å². The van der Waals surface area contributed by atoms with Gasteiger partial charge in [0.1, 0.15) is 17.3 Å². The maximum absolute atomic E-state index is 13.6. The van der Waals surface area contributed by atoms with Gasteiger partial charge in [0.25, 0.3) is 0 Å². The van der Waals surface area contributed by atoms with Crippen LogP contribution in [0.5, 0.6) is 0 Å². The number of benzene rings is 1. The third-order valence-corrected chi connectivity index (χ3v) is 2.49. The summed E-state index contributed by atoms with van der Waals surface area (Å²) in [5.74, 6) is -0.983. The zero-order chi connectivity index (χ0) is 10.8. The maximum atomic E-state index is 13.6. The molecule has 0 radical (unpaired) electrons. The number of ether oxygens (including phenoxy) is 1. The molecule has 82 valence electrons. The van der Waals surface area contributed by atoms with Gasteiger partial charge in [0, 0.05) is 13.1 Å². The zero-order valence-corrected chi connectivity index (χ0v) is 8.59. The van der Waals surface area contributed by atoms with Gasteiger partial charge in [-0.25, -0.2) is 8.78 Å². The molecule has 1 saturated heterocycles. The van der Waals surface area contributed by atoms with Crippen LogP contribution in [0.2, 0.25) is 0 Å². The molecule has 1 aromatic rings. The monoisotopic (exact) mass is 213 g/mol. The van der Waals surface area contributed by atoms with Crippen molar-refractivity contribution in [3.63, 3.8) is 0 Å². The van der Waals surface area contributed by atoms with Crippen molar-refractivity contribution in [2.75, 3.05) is 31.2 Å². The van der Waals surface area contributed by atoms with Crippen molar-refractivity contribution >= 4 is 5.69 Å². The maximum Gasteiger partial charge on any atom is 0.149 e. The third-order valence-electron chi connectivity index (χ3n) is 2.49. The van der Waals surface area contributed by atoms with Gasteiger partial charge in [-0.1, -0.05) is 0 Å². The van der Waals surface area contributed by atoms with E-state index >= 15 is 0 Å². The number of anilines is 1. The fourth-order valence-corrected chi connectivity index (χ4v) is 1.78. The second kappa shape index (κ2) is 4.14. The molecule has 0 N–H and O–H groups in total. The van der Waals surface area contributed by atoms with Crippen molar-refractivity contribution in [3.8, 4) is 0 Å². The Bertz CT molecular complexity index is 339. The molecule has 0 saturated carbocycles. The minimum absolute atomic E-state index is 0.0731. The summed E-state index contributed by atoms with van der Waals surface area (Å²) in [6.07, 6.45) is 0. The Hall–Kier alpha value is -1.16. The van der Waals surface area contributed by atoms with Gasteiger partial charge in [0.2, 0.25) is 0 Å². The first-order valence-electron chi connectivity index (χ1n) is 4.97. The lowest BCUT2D eigenvalue weighted by Gasteiger charge is -2.29. The van der Waals surface area contributed by atoms with Gasteiger partial charge >= 0.3 is 0 Å². The summed E-state index contributed by atoms with van der Waals surface area (Å²) in [6, 6.07) is 2.71. The summed E-state index contributed by atoms with van der Waals surface area (Å²) < 4.78 is 32.3. The van der Waals surface area contributed by atoms with Crippen LogP contribution in [0.3, 0.4) is 0 Å². The minimum Gasteiger partial charge on any atom is -0.378 e. The topological polar surface area (TPSA) is 12.5 Å². The quantitative estimate of drug-likeness (QED) is 0.708. The largest absolute Gasteiger partial charge is 0.378 e. The molecule has 15 heavy (non-hydrogen) atoms. The summed E-state index contributed by atoms with van der Waals surface area (Å²) in [6.45, 7) is 3.79. The van der Waals surface area contributed by atoms with E-state index in [0.29, 0.717) is 31.9 Å². The lowest BCUT2D eigenvalue weighted by Crippen LogP contribution is -2.37. The smallest absolute Gasteiger partial charge is 0.149 e. The van der Waals surface area contributed by atoms with Crippen molar-refractivity contribution < 1.29 is 13.5 Å². The van der Waals surface area contributed by atoms with E-state index in [0.717, 1.165) is 0 Å². The second-order valence-electron chi connectivity index (χ2n) is 3.68. The van der Waals surface area contributed by atoms with Crippen LogP contribution < -0.4 is 4.90 Å². The molecule has 2 nitrogen and oxygen atoms in total. The zero-order valence-electron chi connectivity index (χ0n) is 8.59. The lowest BCUT2D eigenvalue weighted by molar-refractivity contribution is 0.122. The highest BCUT2D eigenvalue weighted by atomic mass is 19.1. The predicted octanol–water partition coefficient (Wildman–Crippen LogP) is 2.11. The van der Waals surface area contributed by atoms with Crippen molar-refractivity contribution in [2.24, 2.45) is 0 Å². The average Bonchev–Trinajstić information content (AvgIpc) is 2.17. The molecule has 1 aliphatic rings. The Balaban J connectivity index is 2.33. The Labute approximate surface area is 87.5 Å². The number of nitrogens with zero attached hydrogens (tertiary/aromatic N) is 1. The number of rotatable bonds is 1. The van der Waals surface area contributed by atoms with Crippen LogP contribution in [0.15, 0.2) is 12.1 Å². The van der Waals surface area contributed by atoms with Crippen LogP contribution in [-0.2, 0) is 4.74 Å². The molecule has 0 unspecified atom stereocenters. The standard InChI is InChI=1S/C11H13F2NO/c1-8-6-9(12)11(10(13)7-8)14-2-4-15-5-3-14/h6-7H,2-5H2,1H3. The molecule has 1 aliphatic heterocycles. The molecule has 2 rings (SSSR count). The van der Waals surface area contributed by atoms with E-state index in [1.807, 2.05) is 0 Å². The summed E-state index contributed by atoms with van der Waals surface area (Å²) in [4.78, 5) is 1.69. The first-order valence-corrected chi connectivity index (χ1v) is 4.97. The van der Waals surface area contributed by atoms with Crippen molar-refractivity contribution in [1.29, 1.82) is 0 Å². The summed E-state index contributed by atoms with van der Waals surface area (Å²) in [5.41, 5.74) is 0.672. The van der Waals surface area contributed by atoms with Crippen molar-refractivity contribution in [2.45, 2.75) is 6.92 Å². The van der Waals surface area contributed by atoms with E-state index in [1.54, 1.807) is 11.8 Å². The molecule has 0 spiro atoms. The van der Waals surface area contributed by atoms with Gasteiger partial charge in [-0.05, 0) is 24.6 Å². The Morgan fingerprint density at radius 3 is 2.20 bits per heavy atom. The van der Waals surface area contributed by atoms with Crippen molar-refractivity contribution in [3.05, 3.63) is 29.3 Å². The molecule has 0 amide bonds. The van der Waals surface area contributed by atoms with Gasteiger partial charge in [-0.15, -0.1) is 0 Å². The first-order chi connectivity index (χ1) is 7.18. The molecule has 1 heterocycles.